The number of hydrogen-bond donors (Lipinski definition) is 1. The zero-order valence-corrected chi connectivity index (χ0v) is 19.3. The van der Waals surface area contributed by atoms with Crippen molar-refractivity contribution in [2.75, 3.05) is 20.1 Å². The van der Waals surface area contributed by atoms with Crippen LogP contribution >= 0.6 is 11.3 Å². The summed E-state index contributed by atoms with van der Waals surface area (Å²) in [5, 5.41) is 12.4. The Bertz CT molecular complexity index is 896. The fourth-order valence-electron chi connectivity index (χ4n) is 5.40. The number of likely N-dealkylation sites (N-methyl/N-ethyl adjacent to an activating group) is 1. The summed E-state index contributed by atoms with van der Waals surface area (Å²) in [6, 6.07) is 6.96. The van der Waals surface area contributed by atoms with Crippen LogP contribution in [-0.4, -0.2) is 41.1 Å². The molecular formula is C25H34N2O2S. The summed E-state index contributed by atoms with van der Waals surface area (Å²) < 4.78 is 0. The molecule has 4 nitrogen and oxygen atoms in total. The Morgan fingerprint density at radius 2 is 2.03 bits per heavy atom. The van der Waals surface area contributed by atoms with Crippen LogP contribution in [-0.2, 0) is 16.6 Å². The van der Waals surface area contributed by atoms with Gasteiger partial charge in [-0.2, -0.15) is 0 Å². The van der Waals surface area contributed by atoms with Gasteiger partial charge in [-0.15, -0.1) is 11.3 Å². The number of thiazole rings is 1. The molecule has 4 rings (SSSR count). The number of carboxylic acid groups (broad SMARTS) is 1. The number of aliphatic carboxylic acids is 1. The number of aromatic nitrogens is 1. The van der Waals surface area contributed by atoms with E-state index in [9.17, 15) is 4.79 Å². The molecule has 0 bridgehead atoms. The molecule has 0 atom stereocenters. The topological polar surface area (TPSA) is 53.4 Å². The second-order valence-corrected chi connectivity index (χ2v) is 10.9. The van der Waals surface area contributed by atoms with Crippen LogP contribution in [0.15, 0.2) is 23.6 Å². The second-order valence-electron chi connectivity index (χ2n) is 9.96. The van der Waals surface area contributed by atoms with Crippen molar-refractivity contribution in [3.63, 3.8) is 0 Å². The Balaban J connectivity index is 1.46. The number of carboxylic acids is 1. The number of benzene rings is 1. The highest BCUT2D eigenvalue weighted by atomic mass is 32.1. The monoisotopic (exact) mass is 426 g/mol. The molecule has 1 aromatic heterocycles. The predicted octanol–water partition coefficient (Wildman–Crippen LogP) is 5.71. The third-order valence-corrected chi connectivity index (χ3v) is 8.05. The Morgan fingerprint density at radius 3 is 2.77 bits per heavy atom. The molecule has 1 N–H and O–H groups in total. The maximum Gasteiger partial charge on any atom is 0.303 e. The molecule has 1 aromatic carbocycles. The van der Waals surface area contributed by atoms with E-state index in [1.165, 1.54) is 21.7 Å². The molecule has 0 saturated heterocycles. The van der Waals surface area contributed by atoms with Gasteiger partial charge in [-0.05, 0) is 68.7 Å². The first-order valence-corrected chi connectivity index (χ1v) is 12.2. The summed E-state index contributed by atoms with van der Waals surface area (Å²) >= 11 is 1.80. The van der Waals surface area contributed by atoms with Gasteiger partial charge in [0.2, 0.25) is 0 Å². The minimum atomic E-state index is -0.669. The van der Waals surface area contributed by atoms with Crippen molar-refractivity contribution in [1.29, 1.82) is 0 Å². The molecule has 2 heterocycles. The van der Waals surface area contributed by atoms with Gasteiger partial charge in [0.25, 0.3) is 0 Å². The van der Waals surface area contributed by atoms with E-state index in [2.05, 4.69) is 49.4 Å². The highest BCUT2D eigenvalue weighted by Gasteiger charge is 2.29. The molecule has 0 spiro atoms. The average Bonchev–Trinajstić information content (AvgIpc) is 3.16. The van der Waals surface area contributed by atoms with Crippen molar-refractivity contribution >= 4 is 17.3 Å². The summed E-state index contributed by atoms with van der Waals surface area (Å²) in [7, 11) is 2.22. The van der Waals surface area contributed by atoms with E-state index < -0.39 is 5.97 Å². The zero-order valence-electron chi connectivity index (χ0n) is 18.5. The number of nitrogens with zero attached hydrogens (tertiary/aromatic N) is 2. The molecule has 1 saturated carbocycles. The fraction of sp³-hybridized carbons (Fsp3) is 0.600. The molecule has 162 valence electrons. The van der Waals surface area contributed by atoms with E-state index in [4.69, 9.17) is 10.1 Å². The standard InChI is InChI=1S/C25H34N2O2S/c1-25(2)16-27(3)13-12-19-14-20(9-10-21(19)25)22-15-30-24(26-22)18-7-4-17(5-8-18)6-11-23(28)29/h9-10,14-15,17-18H,4-8,11-13,16H2,1-3H3,(H,28,29). The molecule has 0 unspecified atom stereocenters. The maximum atomic E-state index is 10.8. The molecule has 1 aliphatic heterocycles. The van der Waals surface area contributed by atoms with Crippen LogP contribution in [0.2, 0.25) is 0 Å². The normalized spacial score (nSPS) is 24.2. The summed E-state index contributed by atoms with van der Waals surface area (Å²) in [5.74, 6) is 0.443. The third-order valence-electron chi connectivity index (χ3n) is 7.04. The number of carbonyl (C=O) groups is 1. The van der Waals surface area contributed by atoms with Crippen LogP contribution in [0.25, 0.3) is 11.3 Å². The van der Waals surface area contributed by atoms with Crippen molar-refractivity contribution in [2.45, 2.75) is 70.1 Å². The molecular weight excluding hydrogens is 392 g/mol. The van der Waals surface area contributed by atoms with Gasteiger partial charge in [-0.3, -0.25) is 4.79 Å². The predicted molar refractivity (Wildman–Crippen MR) is 123 cm³/mol. The molecule has 2 aromatic rings. The van der Waals surface area contributed by atoms with Gasteiger partial charge in [0.05, 0.1) is 10.7 Å². The SMILES string of the molecule is CN1CCc2cc(-c3csc(C4CCC(CCC(=O)O)CC4)n3)ccc2C(C)(C)C1. The van der Waals surface area contributed by atoms with Crippen LogP contribution in [0.5, 0.6) is 0 Å². The van der Waals surface area contributed by atoms with Gasteiger partial charge in [-0.25, -0.2) is 4.98 Å². The van der Waals surface area contributed by atoms with Crippen LogP contribution in [0, 0.1) is 5.92 Å². The van der Waals surface area contributed by atoms with Gasteiger partial charge in [-0.1, -0.05) is 26.0 Å². The quantitative estimate of drug-likeness (QED) is 0.665. The van der Waals surface area contributed by atoms with Gasteiger partial charge < -0.3 is 10.0 Å². The van der Waals surface area contributed by atoms with Crippen LogP contribution < -0.4 is 0 Å². The highest BCUT2D eigenvalue weighted by Crippen LogP contribution is 2.40. The fourth-order valence-corrected chi connectivity index (χ4v) is 6.40. The smallest absolute Gasteiger partial charge is 0.303 e. The lowest BCUT2D eigenvalue weighted by Crippen LogP contribution is -2.32. The molecule has 2 aliphatic rings. The molecule has 0 amide bonds. The second kappa shape index (κ2) is 8.80. The molecule has 1 aliphatic carbocycles. The summed E-state index contributed by atoms with van der Waals surface area (Å²) in [6.45, 7) is 6.89. The van der Waals surface area contributed by atoms with Gasteiger partial charge in [0.1, 0.15) is 0 Å². The van der Waals surface area contributed by atoms with Crippen molar-refractivity contribution in [3.8, 4) is 11.3 Å². The number of rotatable bonds is 5. The van der Waals surface area contributed by atoms with E-state index >= 15 is 0 Å². The number of hydrogen-bond acceptors (Lipinski definition) is 4. The van der Waals surface area contributed by atoms with E-state index in [-0.39, 0.29) is 5.41 Å². The van der Waals surface area contributed by atoms with Crippen molar-refractivity contribution < 1.29 is 9.90 Å². The van der Waals surface area contributed by atoms with E-state index in [1.54, 1.807) is 11.3 Å². The van der Waals surface area contributed by atoms with Crippen molar-refractivity contribution in [3.05, 3.63) is 39.7 Å². The largest absolute Gasteiger partial charge is 0.481 e. The molecule has 5 heteroatoms. The number of fused-ring (bicyclic) bond motifs is 1. The molecule has 0 radical (unpaired) electrons. The Hall–Kier alpha value is -1.72. The van der Waals surface area contributed by atoms with Gasteiger partial charge in [0, 0.05) is 41.8 Å². The zero-order chi connectivity index (χ0) is 21.3. The van der Waals surface area contributed by atoms with Crippen molar-refractivity contribution in [1.82, 2.24) is 9.88 Å². The summed E-state index contributed by atoms with van der Waals surface area (Å²) in [4.78, 5) is 18.3. The van der Waals surface area contributed by atoms with Crippen LogP contribution in [0.1, 0.15) is 74.4 Å². The Labute approximate surface area is 184 Å². The lowest BCUT2D eigenvalue weighted by molar-refractivity contribution is -0.137. The van der Waals surface area contributed by atoms with Gasteiger partial charge >= 0.3 is 5.97 Å². The van der Waals surface area contributed by atoms with Gasteiger partial charge in [0.15, 0.2) is 0 Å². The van der Waals surface area contributed by atoms with Crippen LogP contribution in [0.4, 0.5) is 0 Å². The van der Waals surface area contributed by atoms with E-state index in [1.807, 2.05) is 0 Å². The first-order valence-electron chi connectivity index (χ1n) is 11.3. The third kappa shape index (κ3) is 4.78. The van der Waals surface area contributed by atoms with Crippen LogP contribution in [0.3, 0.4) is 0 Å². The molecule has 1 fully saturated rings. The minimum absolute atomic E-state index is 0.172. The molecule has 30 heavy (non-hydrogen) atoms. The lowest BCUT2D eigenvalue weighted by atomic mass is 9.80. The Morgan fingerprint density at radius 1 is 1.27 bits per heavy atom. The summed E-state index contributed by atoms with van der Waals surface area (Å²) in [5.41, 5.74) is 5.47. The Kier molecular flexibility index (Phi) is 6.31. The maximum absolute atomic E-state index is 10.8. The lowest BCUT2D eigenvalue weighted by Gasteiger charge is -2.28. The summed E-state index contributed by atoms with van der Waals surface area (Å²) in [6.07, 6.45) is 6.78. The first kappa shape index (κ1) is 21.5. The first-order chi connectivity index (χ1) is 14.3. The average molecular weight is 427 g/mol. The highest BCUT2D eigenvalue weighted by molar-refractivity contribution is 7.10. The van der Waals surface area contributed by atoms with E-state index in [0.29, 0.717) is 18.3 Å². The van der Waals surface area contributed by atoms with Crippen molar-refractivity contribution in [2.24, 2.45) is 5.92 Å². The minimum Gasteiger partial charge on any atom is -0.481 e. The van der Waals surface area contributed by atoms with E-state index in [0.717, 1.165) is 57.3 Å².